The maximum Gasteiger partial charge on any atom is 0.0897 e. The van der Waals surface area contributed by atoms with Crippen molar-refractivity contribution in [1.29, 1.82) is 0 Å². The predicted octanol–water partition coefficient (Wildman–Crippen LogP) is 1.52. The fourth-order valence-electron chi connectivity index (χ4n) is 1.45. The summed E-state index contributed by atoms with van der Waals surface area (Å²) in [4.78, 5) is 0. The molecule has 5 heteroatoms. The quantitative estimate of drug-likeness (QED) is 0.531. The van der Waals surface area contributed by atoms with Crippen molar-refractivity contribution < 1.29 is 14.6 Å². The first-order valence-electron chi connectivity index (χ1n) is 6.69. The lowest BCUT2D eigenvalue weighted by Gasteiger charge is -2.18. The molecule has 0 aromatic carbocycles. The fourth-order valence-corrected chi connectivity index (χ4v) is 2.20. The first kappa shape index (κ1) is 18.2. The highest BCUT2D eigenvalue weighted by Gasteiger charge is 2.09. The Hall–Kier alpha value is 0.190. The number of thioether (sulfide) groups is 1. The molecule has 0 rings (SSSR count). The van der Waals surface area contributed by atoms with Crippen molar-refractivity contribution in [3.8, 4) is 0 Å². The van der Waals surface area contributed by atoms with Crippen molar-refractivity contribution in [2.75, 3.05) is 38.4 Å². The lowest BCUT2D eigenvalue weighted by Crippen LogP contribution is -2.38. The molecule has 2 atom stereocenters. The molecule has 0 fully saturated rings. The molecule has 0 aliphatic rings. The van der Waals surface area contributed by atoms with Crippen LogP contribution in [-0.4, -0.2) is 61.7 Å². The van der Waals surface area contributed by atoms with Gasteiger partial charge in [-0.3, -0.25) is 0 Å². The van der Waals surface area contributed by atoms with Gasteiger partial charge in [-0.05, 0) is 26.5 Å². The van der Waals surface area contributed by atoms with Crippen molar-refractivity contribution in [3.05, 3.63) is 0 Å². The van der Waals surface area contributed by atoms with Crippen molar-refractivity contribution >= 4 is 11.8 Å². The van der Waals surface area contributed by atoms with Gasteiger partial charge >= 0.3 is 0 Å². The van der Waals surface area contributed by atoms with E-state index in [1.54, 1.807) is 0 Å². The van der Waals surface area contributed by atoms with Crippen LogP contribution in [0.2, 0.25) is 0 Å². The molecule has 18 heavy (non-hydrogen) atoms. The zero-order chi connectivity index (χ0) is 13.8. The Labute approximate surface area is 116 Å². The van der Waals surface area contributed by atoms with Gasteiger partial charge in [0.05, 0.1) is 32.0 Å². The van der Waals surface area contributed by atoms with Gasteiger partial charge in [0.15, 0.2) is 0 Å². The average Bonchev–Trinajstić information content (AvgIpc) is 2.33. The maximum atomic E-state index is 9.74. The van der Waals surface area contributed by atoms with E-state index in [0.717, 1.165) is 12.2 Å². The zero-order valence-electron chi connectivity index (χ0n) is 12.1. The molecule has 0 aliphatic heterocycles. The van der Waals surface area contributed by atoms with E-state index in [0.29, 0.717) is 32.4 Å². The number of nitrogens with one attached hydrogen (secondary N) is 1. The van der Waals surface area contributed by atoms with E-state index < -0.39 is 6.10 Å². The monoisotopic (exact) mass is 279 g/mol. The summed E-state index contributed by atoms with van der Waals surface area (Å²) in [5.41, 5.74) is 0. The molecule has 0 bridgehead atoms. The summed E-state index contributed by atoms with van der Waals surface area (Å²) in [5, 5.41) is 13.1. The third kappa shape index (κ3) is 11.3. The van der Waals surface area contributed by atoms with Crippen molar-refractivity contribution in [2.24, 2.45) is 0 Å². The van der Waals surface area contributed by atoms with Gasteiger partial charge < -0.3 is 19.9 Å². The van der Waals surface area contributed by atoms with Crippen molar-refractivity contribution in [1.82, 2.24) is 5.32 Å². The van der Waals surface area contributed by atoms with Gasteiger partial charge in [0.2, 0.25) is 0 Å². The summed E-state index contributed by atoms with van der Waals surface area (Å²) in [7, 11) is 0. The fraction of sp³-hybridized carbons (Fsp3) is 1.00. The van der Waals surface area contributed by atoms with Gasteiger partial charge in [0, 0.05) is 18.3 Å². The highest BCUT2D eigenvalue weighted by atomic mass is 32.2. The molecule has 4 nitrogen and oxygen atoms in total. The Bertz CT molecular complexity index is 182. The molecule has 2 N–H and O–H groups in total. The molecule has 0 saturated heterocycles. The highest BCUT2D eigenvalue weighted by molar-refractivity contribution is 7.98. The topological polar surface area (TPSA) is 50.7 Å². The number of hydrogen-bond donors (Lipinski definition) is 2. The smallest absolute Gasteiger partial charge is 0.0897 e. The predicted molar refractivity (Wildman–Crippen MR) is 78.4 cm³/mol. The van der Waals surface area contributed by atoms with Crippen LogP contribution in [0.15, 0.2) is 0 Å². The molecule has 0 amide bonds. The van der Waals surface area contributed by atoms with Crippen LogP contribution in [0.4, 0.5) is 0 Å². The highest BCUT2D eigenvalue weighted by Crippen LogP contribution is 2.01. The van der Waals surface area contributed by atoms with E-state index in [1.165, 1.54) is 0 Å². The number of rotatable bonds is 12. The molecular weight excluding hydrogens is 250 g/mol. The van der Waals surface area contributed by atoms with E-state index in [9.17, 15) is 5.11 Å². The number of aliphatic hydroxyl groups is 1. The minimum Gasteiger partial charge on any atom is -0.389 e. The third-order valence-corrected chi connectivity index (χ3v) is 3.23. The van der Waals surface area contributed by atoms with E-state index >= 15 is 0 Å². The molecule has 0 heterocycles. The zero-order valence-corrected chi connectivity index (χ0v) is 13.0. The van der Waals surface area contributed by atoms with Crippen molar-refractivity contribution in [3.63, 3.8) is 0 Å². The lowest BCUT2D eigenvalue weighted by molar-refractivity contribution is -0.0104. The van der Waals surface area contributed by atoms with E-state index in [2.05, 4.69) is 18.5 Å². The second kappa shape index (κ2) is 12.2. The Morgan fingerprint density at radius 1 is 1.28 bits per heavy atom. The summed E-state index contributed by atoms with van der Waals surface area (Å²) in [6.07, 6.45) is 2.96. The van der Waals surface area contributed by atoms with Gasteiger partial charge in [-0.15, -0.1) is 0 Å². The van der Waals surface area contributed by atoms with Crippen LogP contribution < -0.4 is 5.32 Å². The molecule has 2 unspecified atom stereocenters. The molecule has 110 valence electrons. The first-order valence-corrected chi connectivity index (χ1v) is 8.09. The van der Waals surface area contributed by atoms with Crippen molar-refractivity contribution in [2.45, 2.75) is 45.4 Å². The first-order chi connectivity index (χ1) is 8.60. The van der Waals surface area contributed by atoms with Crippen LogP contribution >= 0.6 is 11.8 Å². The molecule has 0 aromatic rings. The summed E-state index contributed by atoms with van der Waals surface area (Å²) in [6.45, 7) is 8.22. The largest absolute Gasteiger partial charge is 0.389 e. The minimum atomic E-state index is -0.444. The van der Waals surface area contributed by atoms with Crippen LogP contribution in [0.3, 0.4) is 0 Å². The number of ether oxygens (including phenoxy) is 2. The molecule has 0 radical (unpaired) electrons. The normalized spacial score (nSPS) is 15.0. The van der Waals surface area contributed by atoms with Crippen LogP contribution in [0.25, 0.3) is 0 Å². The van der Waals surface area contributed by atoms with E-state index in [4.69, 9.17) is 9.47 Å². The minimum absolute atomic E-state index is 0.233. The van der Waals surface area contributed by atoms with Crippen LogP contribution in [0, 0.1) is 0 Å². The van der Waals surface area contributed by atoms with Gasteiger partial charge in [0.1, 0.15) is 0 Å². The lowest BCUT2D eigenvalue weighted by atomic mass is 10.2. The Balaban J connectivity index is 3.44. The number of hydrogen-bond acceptors (Lipinski definition) is 5. The molecule has 0 spiro atoms. The van der Waals surface area contributed by atoms with Crippen LogP contribution in [-0.2, 0) is 9.47 Å². The summed E-state index contributed by atoms with van der Waals surface area (Å²) >= 11 is 1.82. The molecule has 0 aromatic heterocycles. The second-order valence-electron chi connectivity index (χ2n) is 4.62. The standard InChI is InChI=1S/C13H29NO3S/c1-5-12(10-18-4)14-8-13(15)9-16-6-7-17-11(2)3/h11-15H,5-10H2,1-4H3. The van der Waals surface area contributed by atoms with Crippen LogP contribution in [0.5, 0.6) is 0 Å². The van der Waals surface area contributed by atoms with Gasteiger partial charge in [-0.1, -0.05) is 6.92 Å². The van der Waals surface area contributed by atoms with Gasteiger partial charge in [-0.2, -0.15) is 11.8 Å². The average molecular weight is 279 g/mol. The third-order valence-electron chi connectivity index (χ3n) is 2.49. The van der Waals surface area contributed by atoms with E-state index in [-0.39, 0.29) is 6.10 Å². The Morgan fingerprint density at radius 3 is 2.56 bits per heavy atom. The molecule has 0 saturated carbocycles. The maximum absolute atomic E-state index is 9.74. The van der Waals surface area contributed by atoms with Gasteiger partial charge in [-0.25, -0.2) is 0 Å². The summed E-state index contributed by atoms with van der Waals surface area (Å²) < 4.78 is 10.7. The van der Waals surface area contributed by atoms with E-state index in [1.807, 2.05) is 25.6 Å². The van der Waals surface area contributed by atoms with Crippen LogP contribution in [0.1, 0.15) is 27.2 Å². The van der Waals surface area contributed by atoms with Gasteiger partial charge in [0.25, 0.3) is 0 Å². The molecular formula is C13H29NO3S. The SMILES string of the molecule is CCC(CSC)NCC(O)COCCOC(C)C. The second-order valence-corrected chi connectivity index (χ2v) is 5.53. The number of aliphatic hydroxyl groups excluding tert-OH is 1. The molecule has 0 aliphatic carbocycles. The summed E-state index contributed by atoms with van der Waals surface area (Å²) in [6, 6.07) is 0.471. The summed E-state index contributed by atoms with van der Waals surface area (Å²) in [5.74, 6) is 1.08. The Kier molecular flexibility index (Phi) is 12.4. The Morgan fingerprint density at radius 2 is 2.00 bits per heavy atom.